The molecule has 5 nitrogen and oxygen atoms in total. The van der Waals surface area contributed by atoms with Gasteiger partial charge in [-0.1, -0.05) is 23.2 Å². The Labute approximate surface area is 119 Å². The molecule has 1 amide bonds. The van der Waals surface area contributed by atoms with Crippen LogP contribution in [0.25, 0.3) is 0 Å². The lowest BCUT2D eigenvalue weighted by atomic mass is 10.1. The second kappa shape index (κ2) is 5.42. The van der Waals surface area contributed by atoms with Gasteiger partial charge in [-0.2, -0.15) is 22.6 Å². The van der Waals surface area contributed by atoms with Crippen LogP contribution in [0.4, 0.5) is 5.95 Å². The Morgan fingerprint density at radius 1 is 1.39 bits per heavy atom. The van der Waals surface area contributed by atoms with Crippen LogP contribution in [-0.4, -0.2) is 34.5 Å². The highest BCUT2D eigenvalue weighted by Gasteiger charge is 2.32. The molecule has 1 aromatic heterocycles. The summed E-state index contributed by atoms with van der Waals surface area (Å²) >= 11 is 15.8. The molecule has 0 saturated carbocycles. The van der Waals surface area contributed by atoms with Crippen LogP contribution in [-0.2, 0) is 4.79 Å². The summed E-state index contributed by atoms with van der Waals surface area (Å²) in [5.74, 6) is 0.800. The quantitative estimate of drug-likeness (QED) is 0.526. The van der Waals surface area contributed by atoms with E-state index in [1.807, 2.05) is 0 Å². The first kappa shape index (κ1) is 13.6. The zero-order valence-electron chi connectivity index (χ0n) is 9.14. The van der Waals surface area contributed by atoms with Gasteiger partial charge in [0.2, 0.25) is 11.9 Å². The molecule has 1 saturated heterocycles. The van der Waals surface area contributed by atoms with Gasteiger partial charge < -0.3 is 0 Å². The number of anilines is 1. The first-order chi connectivity index (χ1) is 8.56. The van der Waals surface area contributed by atoms with Gasteiger partial charge in [0.25, 0.3) is 0 Å². The van der Waals surface area contributed by atoms with Gasteiger partial charge in [0.05, 0.1) is 5.56 Å². The molecule has 0 aromatic carbocycles. The van der Waals surface area contributed by atoms with Crippen molar-refractivity contribution in [3.8, 4) is 0 Å². The highest BCUT2D eigenvalue weighted by molar-refractivity contribution is 7.80. The summed E-state index contributed by atoms with van der Waals surface area (Å²) in [7, 11) is 0. The zero-order valence-corrected chi connectivity index (χ0v) is 11.5. The predicted molar refractivity (Wildman–Crippen MR) is 71.8 cm³/mol. The maximum atomic E-state index is 11.8. The summed E-state index contributed by atoms with van der Waals surface area (Å²) in [5.41, 5.74) is 0.0273. The SMILES string of the molecule is O=Cc1c(Cl)nc(N2CC(CS)CC2=O)nc1Cl. The monoisotopic (exact) mass is 305 g/mol. The van der Waals surface area contributed by atoms with Gasteiger partial charge in [0, 0.05) is 13.0 Å². The fourth-order valence-electron chi connectivity index (χ4n) is 1.72. The van der Waals surface area contributed by atoms with Gasteiger partial charge in [-0.05, 0) is 11.7 Å². The number of aromatic nitrogens is 2. The van der Waals surface area contributed by atoms with E-state index in [-0.39, 0.29) is 33.6 Å². The molecule has 1 atom stereocenters. The predicted octanol–water partition coefficient (Wildman–Crippen LogP) is 1.88. The fourth-order valence-corrected chi connectivity index (χ4v) is 2.43. The van der Waals surface area contributed by atoms with Crippen molar-refractivity contribution in [3.05, 3.63) is 15.9 Å². The zero-order chi connectivity index (χ0) is 13.3. The Balaban J connectivity index is 2.35. The number of thiol groups is 1. The van der Waals surface area contributed by atoms with Gasteiger partial charge in [-0.3, -0.25) is 14.5 Å². The average molecular weight is 306 g/mol. The minimum atomic E-state index is -0.0972. The lowest BCUT2D eigenvalue weighted by Gasteiger charge is -2.15. The third kappa shape index (κ3) is 2.46. The Morgan fingerprint density at radius 3 is 2.44 bits per heavy atom. The van der Waals surface area contributed by atoms with Crippen LogP contribution in [0.2, 0.25) is 10.3 Å². The molecule has 1 aliphatic rings. The highest BCUT2D eigenvalue weighted by Crippen LogP contribution is 2.27. The molecule has 0 spiro atoms. The van der Waals surface area contributed by atoms with Gasteiger partial charge >= 0.3 is 0 Å². The van der Waals surface area contributed by atoms with Gasteiger partial charge in [-0.25, -0.2) is 0 Å². The molecule has 1 aliphatic heterocycles. The minimum Gasteiger partial charge on any atom is -0.298 e. The summed E-state index contributed by atoms with van der Waals surface area (Å²) in [6.07, 6.45) is 0.883. The van der Waals surface area contributed by atoms with Gasteiger partial charge in [0.1, 0.15) is 10.3 Å². The molecule has 8 heteroatoms. The van der Waals surface area contributed by atoms with E-state index in [0.29, 0.717) is 25.0 Å². The largest absolute Gasteiger partial charge is 0.298 e. The molecule has 1 aromatic rings. The van der Waals surface area contributed by atoms with Crippen molar-refractivity contribution >= 4 is 54.0 Å². The second-order valence-electron chi connectivity index (χ2n) is 3.89. The van der Waals surface area contributed by atoms with Crippen molar-refractivity contribution in [1.82, 2.24) is 9.97 Å². The molecule has 0 aliphatic carbocycles. The molecule has 1 fully saturated rings. The van der Waals surface area contributed by atoms with E-state index in [9.17, 15) is 9.59 Å². The smallest absolute Gasteiger partial charge is 0.235 e. The first-order valence-electron chi connectivity index (χ1n) is 5.16. The highest BCUT2D eigenvalue weighted by atomic mass is 35.5. The Kier molecular flexibility index (Phi) is 4.09. The molecule has 18 heavy (non-hydrogen) atoms. The van der Waals surface area contributed by atoms with E-state index in [4.69, 9.17) is 23.2 Å². The molecule has 96 valence electrons. The van der Waals surface area contributed by atoms with E-state index in [1.54, 1.807) is 0 Å². The van der Waals surface area contributed by atoms with Crippen LogP contribution in [0.5, 0.6) is 0 Å². The number of hydrogen-bond donors (Lipinski definition) is 1. The number of nitrogens with zero attached hydrogens (tertiary/aromatic N) is 3. The third-order valence-corrected chi connectivity index (χ3v) is 3.76. The van der Waals surface area contributed by atoms with Crippen molar-refractivity contribution in [2.45, 2.75) is 6.42 Å². The van der Waals surface area contributed by atoms with Crippen LogP contribution in [0.1, 0.15) is 16.8 Å². The summed E-state index contributed by atoms with van der Waals surface area (Å²) in [4.78, 5) is 31.7. The van der Waals surface area contributed by atoms with Gasteiger partial charge in [-0.15, -0.1) is 0 Å². The molecule has 0 N–H and O–H groups in total. The van der Waals surface area contributed by atoms with Crippen LogP contribution in [0.15, 0.2) is 0 Å². The maximum Gasteiger partial charge on any atom is 0.235 e. The molecule has 0 radical (unpaired) electrons. The first-order valence-corrected chi connectivity index (χ1v) is 6.55. The third-order valence-electron chi connectivity index (χ3n) is 2.66. The average Bonchev–Trinajstić information content (AvgIpc) is 2.70. The van der Waals surface area contributed by atoms with Crippen LogP contribution >= 0.6 is 35.8 Å². The lowest BCUT2D eigenvalue weighted by molar-refractivity contribution is -0.117. The van der Waals surface area contributed by atoms with E-state index >= 15 is 0 Å². The number of carbonyl (C=O) groups excluding carboxylic acids is 2. The number of rotatable bonds is 3. The fraction of sp³-hybridized carbons (Fsp3) is 0.400. The van der Waals surface area contributed by atoms with E-state index in [0.717, 1.165) is 0 Å². The molecule has 0 bridgehead atoms. The lowest BCUT2D eigenvalue weighted by Crippen LogP contribution is -2.27. The van der Waals surface area contributed by atoms with Crippen molar-refractivity contribution in [3.63, 3.8) is 0 Å². The summed E-state index contributed by atoms with van der Waals surface area (Å²) in [6, 6.07) is 0. The topological polar surface area (TPSA) is 63.2 Å². The molecule has 2 heterocycles. The normalized spacial score (nSPS) is 19.4. The van der Waals surface area contributed by atoms with Crippen LogP contribution in [0.3, 0.4) is 0 Å². The Bertz CT molecular complexity index is 489. The van der Waals surface area contributed by atoms with Crippen molar-refractivity contribution in [1.29, 1.82) is 0 Å². The number of hydrogen-bond acceptors (Lipinski definition) is 5. The summed E-state index contributed by atoms with van der Waals surface area (Å²) in [6.45, 7) is 0.482. The molecular formula is C10H9Cl2N3O2S. The number of aldehydes is 1. The van der Waals surface area contributed by atoms with Crippen molar-refractivity contribution in [2.75, 3.05) is 17.2 Å². The van der Waals surface area contributed by atoms with E-state index in [1.165, 1.54) is 4.90 Å². The number of amides is 1. The summed E-state index contributed by atoms with van der Waals surface area (Å²) in [5, 5.41) is -0.107. The second-order valence-corrected chi connectivity index (χ2v) is 4.97. The molecule has 1 unspecified atom stereocenters. The number of halogens is 2. The van der Waals surface area contributed by atoms with Crippen molar-refractivity contribution in [2.24, 2.45) is 5.92 Å². The number of carbonyl (C=O) groups is 2. The molecule has 2 rings (SSSR count). The minimum absolute atomic E-state index is 0.0273. The standard InChI is InChI=1S/C10H9Cl2N3O2S/c11-8-6(3-16)9(12)14-10(13-8)15-2-5(4-18)1-7(15)17/h3,5,18H,1-2,4H2. The summed E-state index contributed by atoms with van der Waals surface area (Å²) < 4.78 is 0. The maximum absolute atomic E-state index is 11.8. The Hall–Kier alpha value is -0.850. The van der Waals surface area contributed by atoms with E-state index in [2.05, 4.69) is 22.6 Å². The van der Waals surface area contributed by atoms with Crippen molar-refractivity contribution < 1.29 is 9.59 Å². The van der Waals surface area contributed by atoms with E-state index < -0.39 is 0 Å². The van der Waals surface area contributed by atoms with Crippen LogP contribution in [0, 0.1) is 5.92 Å². The van der Waals surface area contributed by atoms with Crippen LogP contribution < -0.4 is 4.90 Å². The van der Waals surface area contributed by atoms with Gasteiger partial charge in [0.15, 0.2) is 6.29 Å². The Morgan fingerprint density at radius 2 is 2.00 bits per heavy atom. The molecular weight excluding hydrogens is 297 g/mol.